The van der Waals surface area contributed by atoms with Gasteiger partial charge in [-0.1, -0.05) is 0 Å². The van der Waals surface area contributed by atoms with Gasteiger partial charge in [-0.3, -0.25) is 14.5 Å². The molecule has 2 aromatic rings. The average Bonchev–Trinajstić information content (AvgIpc) is 3.04. The quantitative estimate of drug-likeness (QED) is 0.685. The van der Waals surface area contributed by atoms with Gasteiger partial charge in [0, 0.05) is 25.9 Å². The Kier molecular flexibility index (Phi) is 3.99. The van der Waals surface area contributed by atoms with Gasteiger partial charge in [-0.2, -0.15) is 0 Å². The van der Waals surface area contributed by atoms with E-state index in [1.165, 1.54) is 22.1 Å². The Morgan fingerprint density at radius 2 is 2.12 bits per heavy atom. The van der Waals surface area contributed by atoms with Crippen molar-refractivity contribution < 1.29 is 18.7 Å². The van der Waals surface area contributed by atoms with Crippen LogP contribution in [0.1, 0.15) is 5.76 Å². The molecular weight excluding hydrogens is 310 g/mol. The summed E-state index contributed by atoms with van der Waals surface area (Å²) in [6, 6.07) is 8.37. The second kappa shape index (κ2) is 6.11. The molecule has 0 atom stereocenters. The van der Waals surface area contributed by atoms with Gasteiger partial charge < -0.3 is 19.8 Å². The lowest BCUT2D eigenvalue weighted by Crippen LogP contribution is -2.44. The molecular formula is C17H17N3O4. The smallest absolute Gasteiger partial charge is 0.294 e. The van der Waals surface area contributed by atoms with E-state index >= 15 is 0 Å². The Bertz CT molecular complexity index is 809. The molecule has 0 unspecified atom stereocenters. The third-order valence-corrected chi connectivity index (χ3v) is 3.56. The van der Waals surface area contributed by atoms with Crippen LogP contribution in [0.4, 0.5) is 11.4 Å². The molecule has 0 radical (unpaired) electrons. The SMILES string of the molecule is CN(C)C(=O)CN1C(=O)/C(=C\c2ccco2)Oc2ccc(N)cc21. The van der Waals surface area contributed by atoms with Gasteiger partial charge >= 0.3 is 0 Å². The van der Waals surface area contributed by atoms with Gasteiger partial charge in [0.2, 0.25) is 5.91 Å². The third kappa shape index (κ3) is 2.96. The highest BCUT2D eigenvalue weighted by Crippen LogP contribution is 2.37. The number of furan rings is 1. The van der Waals surface area contributed by atoms with Crippen molar-refractivity contribution in [3.05, 3.63) is 48.1 Å². The first-order valence-electron chi connectivity index (χ1n) is 7.30. The van der Waals surface area contributed by atoms with Gasteiger partial charge in [-0.15, -0.1) is 0 Å². The van der Waals surface area contributed by atoms with Crippen LogP contribution in [0, 0.1) is 0 Å². The summed E-state index contributed by atoms with van der Waals surface area (Å²) in [4.78, 5) is 27.6. The molecule has 1 aliphatic rings. The summed E-state index contributed by atoms with van der Waals surface area (Å²) >= 11 is 0. The summed E-state index contributed by atoms with van der Waals surface area (Å²) in [5.74, 6) is 0.369. The highest BCUT2D eigenvalue weighted by molar-refractivity contribution is 6.12. The number of anilines is 2. The van der Waals surface area contributed by atoms with Gasteiger partial charge in [-0.25, -0.2) is 0 Å². The molecule has 0 saturated heterocycles. The number of carbonyl (C=O) groups excluding carboxylic acids is 2. The molecule has 0 saturated carbocycles. The molecule has 2 amide bonds. The summed E-state index contributed by atoms with van der Waals surface area (Å²) < 4.78 is 10.9. The topological polar surface area (TPSA) is 89.0 Å². The van der Waals surface area contributed by atoms with E-state index in [4.69, 9.17) is 14.9 Å². The molecule has 24 heavy (non-hydrogen) atoms. The fourth-order valence-electron chi connectivity index (χ4n) is 2.26. The molecule has 124 valence electrons. The van der Waals surface area contributed by atoms with E-state index in [-0.39, 0.29) is 18.2 Å². The van der Waals surface area contributed by atoms with E-state index in [0.717, 1.165) is 0 Å². The Hall–Kier alpha value is -3.22. The Labute approximate surface area is 138 Å². The maximum absolute atomic E-state index is 12.8. The van der Waals surface area contributed by atoms with Crippen LogP contribution >= 0.6 is 0 Å². The van der Waals surface area contributed by atoms with Crippen LogP contribution in [0.3, 0.4) is 0 Å². The molecule has 2 N–H and O–H groups in total. The lowest BCUT2D eigenvalue weighted by molar-refractivity contribution is -0.129. The fraction of sp³-hybridized carbons (Fsp3) is 0.176. The standard InChI is InChI=1S/C17H17N3O4/c1-19(2)16(21)10-20-13-8-11(18)5-6-14(13)24-15(17(20)22)9-12-4-3-7-23-12/h3-9H,10,18H2,1-2H3/b15-9+. The molecule has 0 aliphatic carbocycles. The van der Waals surface area contributed by atoms with E-state index in [0.29, 0.717) is 22.9 Å². The summed E-state index contributed by atoms with van der Waals surface area (Å²) in [5.41, 5.74) is 6.75. The minimum atomic E-state index is -0.431. The molecule has 1 aliphatic heterocycles. The van der Waals surface area contributed by atoms with Crippen molar-refractivity contribution in [1.29, 1.82) is 0 Å². The van der Waals surface area contributed by atoms with Crippen LogP contribution in [0.25, 0.3) is 6.08 Å². The number of carbonyl (C=O) groups is 2. The third-order valence-electron chi connectivity index (χ3n) is 3.56. The van der Waals surface area contributed by atoms with Crippen LogP contribution in [0.15, 0.2) is 46.8 Å². The molecule has 0 fully saturated rings. The number of hydrogen-bond donors (Lipinski definition) is 1. The van der Waals surface area contributed by atoms with Crippen LogP contribution in [0.5, 0.6) is 5.75 Å². The number of ether oxygens (including phenoxy) is 1. The Morgan fingerprint density at radius 3 is 2.79 bits per heavy atom. The Morgan fingerprint density at radius 1 is 1.33 bits per heavy atom. The first kappa shape index (κ1) is 15.7. The number of hydrogen-bond acceptors (Lipinski definition) is 5. The zero-order valence-electron chi connectivity index (χ0n) is 13.4. The van der Waals surface area contributed by atoms with Crippen molar-refractivity contribution in [3.63, 3.8) is 0 Å². The lowest BCUT2D eigenvalue weighted by atomic mass is 10.2. The minimum Gasteiger partial charge on any atom is -0.465 e. The maximum atomic E-state index is 12.8. The summed E-state index contributed by atoms with van der Waals surface area (Å²) in [7, 11) is 3.26. The highest BCUT2D eigenvalue weighted by atomic mass is 16.5. The first-order valence-corrected chi connectivity index (χ1v) is 7.30. The van der Waals surface area contributed by atoms with Gasteiger partial charge in [0.15, 0.2) is 11.5 Å². The van der Waals surface area contributed by atoms with Crippen LogP contribution in [0.2, 0.25) is 0 Å². The van der Waals surface area contributed by atoms with Crippen LogP contribution < -0.4 is 15.4 Å². The zero-order chi connectivity index (χ0) is 17.3. The molecule has 1 aromatic heterocycles. The van der Waals surface area contributed by atoms with Crippen molar-refractivity contribution in [2.45, 2.75) is 0 Å². The van der Waals surface area contributed by atoms with Gasteiger partial charge in [0.05, 0.1) is 12.0 Å². The average molecular weight is 327 g/mol. The van der Waals surface area contributed by atoms with Crippen molar-refractivity contribution in [1.82, 2.24) is 4.90 Å². The van der Waals surface area contributed by atoms with Crippen molar-refractivity contribution >= 4 is 29.3 Å². The second-order valence-electron chi connectivity index (χ2n) is 5.53. The number of nitrogen functional groups attached to an aromatic ring is 1. The predicted molar refractivity (Wildman–Crippen MR) is 89.2 cm³/mol. The minimum absolute atomic E-state index is 0.0776. The van der Waals surface area contributed by atoms with E-state index in [1.54, 1.807) is 44.4 Å². The molecule has 2 heterocycles. The molecule has 7 heteroatoms. The van der Waals surface area contributed by atoms with Gasteiger partial charge in [-0.05, 0) is 30.3 Å². The van der Waals surface area contributed by atoms with Crippen molar-refractivity contribution in [2.75, 3.05) is 31.3 Å². The van der Waals surface area contributed by atoms with Gasteiger partial charge in [0.1, 0.15) is 12.3 Å². The highest BCUT2D eigenvalue weighted by Gasteiger charge is 2.32. The van der Waals surface area contributed by atoms with Crippen LogP contribution in [-0.4, -0.2) is 37.4 Å². The van der Waals surface area contributed by atoms with E-state index in [2.05, 4.69) is 0 Å². The molecule has 0 spiro atoms. The number of likely N-dealkylation sites (N-methyl/N-ethyl adjacent to an activating group) is 1. The molecule has 7 nitrogen and oxygen atoms in total. The number of nitrogens with two attached hydrogens (primary N) is 1. The summed E-state index contributed by atoms with van der Waals surface area (Å²) in [5, 5.41) is 0. The molecule has 1 aromatic carbocycles. The summed E-state index contributed by atoms with van der Waals surface area (Å²) in [6.45, 7) is -0.110. The largest absolute Gasteiger partial charge is 0.465 e. The maximum Gasteiger partial charge on any atom is 0.294 e. The van der Waals surface area contributed by atoms with Gasteiger partial charge in [0.25, 0.3) is 5.91 Å². The van der Waals surface area contributed by atoms with Crippen molar-refractivity contribution in [2.24, 2.45) is 0 Å². The number of amides is 2. The Balaban J connectivity index is 2.03. The van der Waals surface area contributed by atoms with Crippen LogP contribution in [-0.2, 0) is 9.59 Å². The van der Waals surface area contributed by atoms with E-state index in [1.807, 2.05) is 0 Å². The monoisotopic (exact) mass is 327 g/mol. The number of nitrogens with zero attached hydrogens (tertiary/aromatic N) is 2. The molecule has 0 bridgehead atoms. The number of rotatable bonds is 3. The summed E-state index contributed by atoms with van der Waals surface area (Å²) in [6.07, 6.45) is 3.00. The normalized spacial score (nSPS) is 15.2. The number of fused-ring (bicyclic) bond motifs is 1. The lowest BCUT2D eigenvalue weighted by Gasteiger charge is -2.30. The van der Waals surface area contributed by atoms with E-state index < -0.39 is 5.91 Å². The number of benzene rings is 1. The predicted octanol–water partition coefficient (Wildman–Crippen LogP) is 1.72. The zero-order valence-corrected chi connectivity index (χ0v) is 13.4. The second-order valence-corrected chi connectivity index (χ2v) is 5.53. The van der Waals surface area contributed by atoms with Crippen molar-refractivity contribution in [3.8, 4) is 5.75 Å². The fourth-order valence-corrected chi connectivity index (χ4v) is 2.26. The van der Waals surface area contributed by atoms with E-state index in [9.17, 15) is 9.59 Å². The molecule has 3 rings (SSSR count). The first-order chi connectivity index (χ1) is 11.5.